The van der Waals surface area contributed by atoms with Crippen LogP contribution in [0, 0.1) is 0 Å². The van der Waals surface area contributed by atoms with E-state index in [9.17, 15) is 13.2 Å². The monoisotopic (exact) mass is 258 g/mol. The van der Waals surface area contributed by atoms with Crippen molar-refractivity contribution in [3.63, 3.8) is 0 Å². The average Bonchev–Trinajstić information content (AvgIpc) is 2.26. The van der Waals surface area contributed by atoms with Crippen molar-refractivity contribution in [2.45, 2.75) is 11.0 Å². The summed E-state index contributed by atoms with van der Waals surface area (Å²) in [7, 11) is -2.49. The van der Waals surface area contributed by atoms with E-state index in [1.54, 1.807) is 30.3 Å². The predicted molar refractivity (Wildman–Crippen MR) is 62.4 cm³/mol. The second kappa shape index (κ2) is 5.79. The molecular formula is C11H14O5S. The molecule has 0 aliphatic carbocycles. The standard InChI is InChI=1S/C11H14O5S/c1-16-7-10(11(12)13)17(14,15)8-9-5-3-2-4-6-9/h2-6,10H,7-8H2,1H3,(H,12,13). The van der Waals surface area contributed by atoms with E-state index in [1.165, 1.54) is 7.11 Å². The minimum atomic E-state index is -3.76. The number of aliphatic carboxylic acids is 1. The van der Waals surface area contributed by atoms with Crippen LogP contribution in [0.5, 0.6) is 0 Å². The summed E-state index contributed by atoms with van der Waals surface area (Å²) in [6.07, 6.45) is 0. The highest BCUT2D eigenvalue weighted by atomic mass is 32.2. The van der Waals surface area contributed by atoms with Crippen LogP contribution in [0.3, 0.4) is 0 Å². The van der Waals surface area contributed by atoms with Crippen molar-refractivity contribution >= 4 is 15.8 Å². The number of benzene rings is 1. The topological polar surface area (TPSA) is 80.7 Å². The maximum atomic E-state index is 11.9. The third kappa shape index (κ3) is 3.83. The van der Waals surface area contributed by atoms with Crippen molar-refractivity contribution in [1.82, 2.24) is 0 Å². The van der Waals surface area contributed by atoms with Crippen molar-refractivity contribution in [1.29, 1.82) is 0 Å². The predicted octanol–water partition coefficient (Wildman–Crippen LogP) is 0.701. The van der Waals surface area contributed by atoms with E-state index in [0.717, 1.165) is 0 Å². The molecule has 1 rings (SSSR count). The van der Waals surface area contributed by atoms with Gasteiger partial charge in [0, 0.05) is 7.11 Å². The van der Waals surface area contributed by atoms with E-state index < -0.39 is 21.1 Å². The van der Waals surface area contributed by atoms with E-state index in [0.29, 0.717) is 5.56 Å². The fraction of sp³-hybridized carbons (Fsp3) is 0.364. The second-order valence-electron chi connectivity index (χ2n) is 3.58. The number of carboxylic acids is 1. The van der Waals surface area contributed by atoms with Gasteiger partial charge in [0.05, 0.1) is 12.4 Å². The fourth-order valence-corrected chi connectivity index (χ4v) is 2.90. The highest BCUT2D eigenvalue weighted by Crippen LogP contribution is 2.12. The van der Waals surface area contributed by atoms with Crippen molar-refractivity contribution < 1.29 is 23.1 Å². The van der Waals surface area contributed by atoms with Crippen molar-refractivity contribution in [2.75, 3.05) is 13.7 Å². The Morgan fingerprint density at radius 1 is 1.35 bits per heavy atom. The molecule has 0 spiro atoms. The molecule has 94 valence electrons. The summed E-state index contributed by atoms with van der Waals surface area (Å²) in [6, 6.07) is 8.46. The molecule has 0 aliphatic rings. The van der Waals surface area contributed by atoms with Crippen LogP contribution >= 0.6 is 0 Å². The molecule has 0 fully saturated rings. The third-order valence-electron chi connectivity index (χ3n) is 2.24. The Hall–Kier alpha value is -1.40. The zero-order chi connectivity index (χ0) is 12.9. The number of methoxy groups -OCH3 is 1. The first kappa shape index (κ1) is 13.7. The Kier molecular flexibility index (Phi) is 4.65. The lowest BCUT2D eigenvalue weighted by Gasteiger charge is -2.12. The van der Waals surface area contributed by atoms with Gasteiger partial charge in [0.15, 0.2) is 15.1 Å². The number of hydrogen-bond donors (Lipinski definition) is 1. The Labute approximate surface area is 100.0 Å². The van der Waals surface area contributed by atoms with Gasteiger partial charge in [0.1, 0.15) is 0 Å². The lowest BCUT2D eigenvalue weighted by Crippen LogP contribution is -2.35. The zero-order valence-corrected chi connectivity index (χ0v) is 10.2. The number of carboxylic acid groups (broad SMARTS) is 1. The van der Waals surface area contributed by atoms with Gasteiger partial charge in [-0.1, -0.05) is 30.3 Å². The Morgan fingerprint density at radius 2 is 1.94 bits per heavy atom. The van der Waals surface area contributed by atoms with Crippen molar-refractivity contribution in [2.24, 2.45) is 0 Å². The number of hydrogen-bond acceptors (Lipinski definition) is 4. The Morgan fingerprint density at radius 3 is 2.41 bits per heavy atom. The maximum Gasteiger partial charge on any atom is 0.324 e. The van der Waals surface area contributed by atoms with Crippen LogP contribution in [0.25, 0.3) is 0 Å². The number of carbonyl (C=O) groups is 1. The van der Waals surface area contributed by atoms with Gasteiger partial charge >= 0.3 is 5.97 Å². The Bertz CT molecular complexity index is 466. The van der Waals surface area contributed by atoms with Gasteiger partial charge in [-0.25, -0.2) is 8.42 Å². The van der Waals surface area contributed by atoms with Crippen LogP contribution in [0.15, 0.2) is 30.3 Å². The summed E-state index contributed by atoms with van der Waals surface area (Å²) in [4.78, 5) is 10.9. The third-order valence-corrected chi connectivity index (χ3v) is 4.18. The second-order valence-corrected chi connectivity index (χ2v) is 5.76. The molecule has 6 heteroatoms. The molecule has 0 bridgehead atoms. The first-order valence-corrected chi connectivity index (χ1v) is 6.66. The number of ether oxygens (including phenoxy) is 1. The minimum absolute atomic E-state index is 0.297. The number of sulfone groups is 1. The summed E-state index contributed by atoms with van der Waals surface area (Å²) < 4.78 is 28.4. The fourth-order valence-electron chi connectivity index (χ4n) is 1.39. The van der Waals surface area contributed by atoms with Crippen molar-refractivity contribution in [3.05, 3.63) is 35.9 Å². The molecule has 0 radical (unpaired) electrons. The van der Waals surface area contributed by atoms with E-state index in [4.69, 9.17) is 5.11 Å². The van der Waals surface area contributed by atoms with Gasteiger partial charge in [0.25, 0.3) is 0 Å². The molecule has 0 aromatic heterocycles. The average molecular weight is 258 g/mol. The molecule has 1 atom stereocenters. The Balaban J connectivity index is 2.90. The smallest absolute Gasteiger partial charge is 0.324 e. The molecule has 0 heterocycles. The van der Waals surface area contributed by atoms with Gasteiger partial charge in [0.2, 0.25) is 0 Å². The lowest BCUT2D eigenvalue weighted by molar-refractivity contribution is -0.137. The SMILES string of the molecule is COCC(C(=O)O)S(=O)(=O)Cc1ccccc1. The quantitative estimate of drug-likeness (QED) is 0.812. The first-order valence-electron chi connectivity index (χ1n) is 4.94. The molecule has 1 N–H and O–H groups in total. The molecule has 0 amide bonds. The van der Waals surface area contributed by atoms with Gasteiger partial charge in [-0.15, -0.1) is 0 Å². The molecule has 1 unspecified atom stereocenters. The zero-order valence-electron chi connectivity index (χ0n) is 9.37. The maximum absolute atomic E-state index is 11.9. The largest absolute Gasteiger partial charge is 0.480 e. The summed E-state index contributed by atoms with van der Waals surface area (Å²) in [5, 5.41) is 7.34. The van der Waals surface area contributed by atoms with Gasteiger partial charge in [-0.05, 0) is 5.56 Å². The normalized spacial score (nSPS) is 13.2. The van der Waals surface area contributed by atoms with Crippen LogP contribution < -0.4 is 0 Å². The molecular weight excluding hydrogens is 244 g/mol. The van der Waals surface area contributed by atoms with Crippen LogP contribution in [0.1, 0.15) is 5.56 Å². The highest BCUT2D eigenvalue weighted by Gasteiger charge is 2.32. The summed E-state index contributed by atoms with van der Waals surface area (Å²) in [6.45, 7) is -0.343. The first-order chi connectivity index (χ1) is 7.97. The summed E-state index contributed by atoms with van der Waals surface area (Å²) in [5.74, 6) is -1.68. The summed E-state index contributed by atoms with van der Waals surface area (Å²) >= 11 is 0. The molecule has 1 aromatic carbocycles. The minimum Gasteiger partial charge on any atom is -0.480 e. The van der Waals surface area contributed by atoms with E-state index in [1.807, 2.05) is 0 Å². The number of rotatable bonds is 6. The van der Waals surface area contributed by atoms with E-state index in [-0.39, 0.29) is 12.4 Å². The summed E-state index contributed by atoms with van der Waals surface area (Å²) in [5.41, 5.74) is 0.565. The molecule has 1 aromatic rings. The van der Waals surface area contributed by atoms with Crippen LogP contribution in [0.4, 0.5) is 0 Å². The van der Waals surface area contributed by atoms with Crippen LogP contribution in [-0.2, 0) is 25.1 Å². The van der Waals surface area contributed by atoms with Crippen LogP contribution in [0.2, 0.25) is 0 Å². The highest BCUT2D eigenvalue weighted by molar-refractivity contribution is 7.92. The van der Waals surface area contributed by atoms with Crippen LogP contribution in [-0.4, -0.2) is 38.5 Å². The van der Waals surface area contributed by atoms with Crippen molar-refractivity contribution in [3.8, 4) is 0 Å². The van der Waals surface area contributed by atoms with Gasteiger partial charge in [-0.2, -0.15) is 0 Å². The van der Waals surface area contributed by atoms with E-state index in [2.05, 4.69) is 4.74 Å². The molecule has 0 aliphatic heterocycles. The molecule has 0 saturated heterocycles. The molecule has 5 nitrogen and oxygen atoms in total. The van der Waals surface area contributed by atoms with Gasteiger partial charge < -0.3 is 9.84 Å². The molecule has 0 saturated carbocycles. The molecule has 17 heavy (non-hydrogen) atoms. The van der Waals surface area contributed by atoms with E-state index >= 15 is 0 Å². The lowest BCUT2D eigenvalue weighted by atomic mass is 10.2. The van der Waals surface area contributed by atoms with Gasteiger partial charge in [-0.3, -0.25) is 4.79 Å².